The van der Waals surface area contributed by atoms with Crippen LogP contribution in [0.2, 0.25) is 0 Å². The van der Waals surface area contributed by atoms with E-state index in [2.05, 4.69) is 59.0 Å². The van der Waals surface area contributed by atoms with Crippen molar-refractivity contribution in [2.24, 2.45) is 11.8 Å². The van der Waals surface area contributed by atoms with Crippen molar-refractivity contribution in [3.8, 4) is 0 Å². The summed E-state index contributed by atoms with van der Waals surface area (Å²) >= 11 is 0. The van der Waals surface area contributed by atoms with Crippen molar-refractivity contribution in [1.29, 1.82) is 0 Å². The Hall–Kier alpha value is -5.03. The van der Waals surface area contributed by atoms with Crippen molar-refractivity contribution in [2.45, 2.75) is 127 Å². The Balaban J connectivity index is 0.968. The molecule has 0 spiro atoms. The fourth-order valence-electron chi connectivity index (χ4n) is 9.53. The number of piperazine rings is 1. The number of rotatable bonds is 21. The van der Waals surface area contributed by atoms with E-state index in [-0.39, 0.29) is 66.5 Å². The van der Waals surface area contributed by atoms with Crippen LogP contribution in [0.3, 0.4) is 0 Å². The Labute approximate surface area is 368 Å². The molecule has 3 aromatic rings. The summed E-state index contributed by atoms with van der Waals surface area (Å²) in [5.74, 6) is -1.38. The van der Waals surface area contributed by atoms with Gasteiger partial charge in [-0.05, 0) is 54.5 Å². The molecule has 332 valence electrons. The zero-order chi connectivity index (χ0) is 43.4. The molecule has 62 heavy (non-hydrogen) atoms. The highest BCUT2D eigenvalue weighted by Crippen LogP contribution is 2.42. The molecule has 0 radical (unpaired) electrons. The molecular formula is C51H68N6O5. The van der Waals surface area contributed by atoms with E-state index >= 15 is 0 Å². The topological polar surface area (TPSA) is 131 Å². The second-order valence-electron chi connectivity index (χ2n) is 18.2. The summed E-state index contributed by atoms with van der Waals surface area (Å²) in [4.78, 5) is 74.6. The van der Waals surface area contributed by atoms with Gasteiger partial charge in [-0.15, -0.1) is 0 Å². The zero-order valence-corrected chi connectivity index (χ0v) is 36.9. The minimum Gasteiger partial charge on any atom is -0.354 e. The summed E-state index contributed by atoms with van der Waals surface area (Å²) in [7, 11) is 0. The van der Waals surface area contributed by atoms with Crippen molar-refractivity contribution in [3.05, 3.63) is 107 Å². The first kappa shape index (κ1) is 45.0. The number of likely N-dealkylation sites (tertiary alicyclic amines) is 1. The molecular weight excluding hydrogens is 777 g/mol. The standard InChI is InChI=1S/C51H68N6O5/c1-3-5-7-9-16-22-47(58)57-29-28-55(35-46(57)50(61)52-27-17-8-6-4-2)32-36-23-25-39(26-24-36)51(62)56-33-42(48(59)53-44-30-40(44)37-18-12-10-13-19-37)43(34-56)49(60)54-45-31-41(45)38-20-14-11-15-21-38/h10-15,18-21,23-26,40-46H,3-9,16-17,22,27-35H2,1-2H3,(H,52,61)(H,53,59)(H,54,60)/t40-,41-,42-,43-,44+,45+,46-/m1/s1. The first-order valence-electron chi connectivity index (χ1n) is 23.6. The quantitative estimate of drug-likeness (QED) is 0.101. The number of nitrogens with one attached hydrogen (secondary N) is 3. The molecule has 2 heterocycles. The maximum Gasteiger partial charge on any atom is 0.253 e. The fraction of sp³-hybridized carbons (Fsp3) is 0.549. The van der Waals surface area contributed by atoms with E-state index in [4.69, 9.17) is 0 Å². The number of nitrogens with zero attached hydrogens (tertiary/aromatic N) is 3. The van der Waals surface area contributed by atoms with Gasteiger partial charge in [-0.1, -0.05) is 132 Å². The molecule has 0 unspecified atom stereocenters. The fourth-order valence-corrected chi connectivity index (χ4v) is 9.53. The average Bonchev–Trinajstić information content (AvgIpc) is 4.21. The Morgan fingerprint density at radius 2 is 1.15 bits per heavy atom. The number of unbranched alkanes of at least 4 members (excludes halogenated alkanes) is 7. The normalized spacial score (nSPS) is 24.3. The molecule has 7 atom stereocenters. The Morgan fingerprint density at radius 1 is 0.597 bits per heavy atom. The van der Waals surface area contributed by atoms with Crippen LogP contribution in [-0.2, 0) is 25.7 Å². The molecule has 11 heteroatoms. The van der Waals surface area contributed by atoms with E-state index in [9.17, 15) is 24.0 Å². The third-order valence-electron chi connectivity index (χ3n) is 13.5. The summed E-state index contributed by atoms with van der Waals surface area (Å²) in [5.41, 5.74) is 3.89. The predicted octanol–water partition coefficient (Wildman–Crippen LogP) is 6.79. The molecule has 2 aliphatic carbocycles. The molecule has 3 aromatic carbocycles. The van der Waals surface area contributed by atoms with Gasteiger partial charge in [-0.25, -0.2) is 0 Å². The van der Waals surface area contributed by atoms with Gasteiger partial charge in [0.15, 0.2) is 0 Å². The SMILES string of the molecule is CCCCCCCC(=O)N1CCN(Cc2ccc(C(=O)N3C[C@@H](C(=O)N[C@H]4C[C@@H]4c4ccccc4)[C@H](C(=O)N[C@H]4C[C@@H]4c4ccccc4)C3)cc2)C[C@@H]1C(=O)NCCCCCC. The summed E-state index contributed by atoms with van der Waals surface area (Å²) in [6.07, 6.45) is 11.8. The van der Waals surface area contributed by atoms with Gasteiger partial charge >= 0.3 is 0 Å². The summed E-state index contributed by atoms with van der Waals surface area (Å²) in [5, 5.41) is 9.56. The minimum absolute atomic E-state index is 0.0146. The van der Waals surface area contributed by atoms with E-state index in [0.717, 1.165) is 69.8 Å². The number of benzene rings is 3. The van der Waals surface area contributed by atoms with E-state index < -0.39 is 17.9 Å². The number of hydrogen-bond donors (Lipinski definition) is 3. The van der Waals surface area contributed by atoms with Crippen LogP contribution >= 0.6 is 0 Å². The predicted molar refractivity (Wildman–Crippen MR) is 242 cm³/mol. The van der Waals surface area contributed by atoms with Crippen LogP contribution in [0.15, 0.2) is 84.9 Å². The number of amides is 5. The van der Waals surface area contributed by atoms with Gasteiger partial charge in [-0.2, -0.15) is 0 Å². The van der Waals surface area contributed by atoms with Gasteiger partial charge in [0.05, 0.1) is 11.8 Å². The second-order valence-corrected chi connectivity index (χ2v) is 18.2. The minimum atomic E-state index is -0.655. The van der Waals surface area contributed by atoms with Crippen molar-refractivity contribution < 1.29 is 24.0 Å². The molecule has 7 rings (SSSR count). The summed E-state index contributed by atoms with van der Waals surface area (Å²) in [6.45, 7) is 7.49. The molecule has 2 saturated heterocycles. The molecule has 5 amide bonds. The smallest absolute Gasteiger partial charge is 0.253 e. The number of carbonyl (C=O) groups is 5. The van der Waals surface area contributed by atoms with Gasteiger partial charge in [0, 0.05) is 81.7 Å². The highest BCUT2D eigenvalue weighted by atomic mass is 16.2. The van der Waals surface area contributed by atoms with E-state index in [0.29, 0.717) is 44.7 Å². The third-order valence-corrected chi connectivity index (χ3v) is 13.5. The van der Waals surface area contributed by atoms with Crippen LogP contribution in [0, 0.1) is 11.8 Å². The first-order valence-corrected chi connectivity index (χ1v) is 23.6. The molecule has 2 aliphatic heterocycles. The van der Waals surface area contributed by atoms with Crippen LogP contribution in [0.25, 0.3) is 0 Å². The highest BCUT2D eigenvalue weighted by Gasteiger charge is 2.49. The lowest BCUT2D eigenvalue weighted by Gasteiger charge is -2.40. The molecule has 11 nitrogen and oxygen atoms in total. The van der Waals surface area contributed by atoms with Gasteiger partial charge in [0.25, 0.3) is 5.91 Å². The summed E-state index contributed by atoms with van der Waals surface area (Å²) < 4.78 is 0. The number of carbonyl (C=O) groups excluding carboxylic acids is 5. The van der Waals surface area contributed by atoms with Gasteiger partial charge in [0.1, 0.15) is 6.04 Å². The molecule has 4 fully saturated rings. The largest absolute Gasteiger partial charge is 0.354 e. The van der Waals surface area contributed by atoms with E-state index in [1.807, 2.05) is 60.7 Å². The molecule has 2 saturated carbocycles. The maximum absolute atomic E-state index is 14.1. The van der Waals surface area contributed by atoms with E-state index in [1.165, 1.54) is 17.5 Å². The van der Waals surface area contributed by atoms with Gasteiger partial charge in [-0.3, -0.25) is 28.9 Å². The highest BCUT2D eigenvalue weighted by molar-refractivity contribution is 5.97. The maximum atomic E-state index is 14.1. The van der Waals surface area contributed by atoms with Crippen LogP contribution in [-0.4, -0.2) is 102 Å². The lowest BCUT2D eigenvalue weighted by atomic mass is 9.94. The zero-order valence-electron chi connectivity index (χ0n) is 36.9. The Morgan fingerprint density at radius 3 is 1.71 bits per heavy atom. The van der Waals surface area contributed by atoms with Gasteiger partial charge < -0.3 is 25.8 Å². The lowest BCUT2D eigenvalue weighted by Crippen LogP contribution is -2.60. The van der Waals surface area contributed by atoms with Crippen LogP contribution in [0.1, 0.15) is 130 Å². The third kappa shape index (κ3) is 11.9. The number of hydrogen-bond acceptors (Lipinski definition) is 6. The van der Waals surface area contributed by atoms with Crippen molar-refractivity contribution in [2.75, 3.05) is 39.3 Å². The van der Waals surface area contributed by atoms with Crippen LogP contribution in [0.4, 0.5) is 0 Å². The monoisotopic (exact) mass is 845 g/mol. The van der Waals surface area contributed by atoms with Crippen LogP contribution in [0.5, 0.6) is 0 Å². The van der Waals surface area contributed by atoms with Crippen molar-refractivity contribution in [1.82, 2.24) is 30.7 Å². The van der Waals surface area contributed by atoms with Crippen molar-refractivity contribution >= 4 is 29.5 Å². The van der Waals surface area contributed by atoms with E-state index in [1.54, 1.807) is 9.80 Å². The molecule has 0 bridgehead atoms. The Kier molecular flexibility index (Phi) is 15.9. The first-order chi connectivity index (χ1) is 30.2. The second kappa shape index (κ2) is 21.9. The molecule has 0 aromatic heterocycles. The van der Waals surface area contributed by atoms with Crippen molar-refractivity contribution in [3.63, 3.8) is 0 Å². The average molecular weight is 845 g/mol. The van der Waals surface area contributed by atoms with Gasteiger partial charge in [0.2, 0.25) is 23.6 Å². The van der Waals surface area contributed by atoms with Crippen LogP contribution < -0.4 is 16.0 Å². The molecule has 4 aliphatic rings. The lowest BCUT2D eigenvalue weighted by molar-refractivity contribution is -0.144. The molecule has 3 N–H and O–H groups in total. The Bertz CT molecular complexity index is 1880. The summed E-state index contributed by atoms with van der Waals surface area (Å²) in [6, 6.07) is 27.4.